The van der Waals surface area contributed by atoms with Crippen molar-refractivity contribution < 1.29 is 0 Å². The normalized spacial score (nSPS) is 28.2. The van der Waals surface area contributed by atoms with Gasteiger partial charge >= 0.3 is 0 Å². The minimum absolute atomic E-state index is 0.290. The van der Waals surface area contributed by atoms with Gasteiger partial charge < -0.3 is 15.1 Å². The highest BCUT2D eigenvalue weighted by molar-refractivity contribution is 4.90. The monoisotopic (exact) mass is 254 g/mol. The van der Waals surface area contributed by atoms with Crippen LogP contribution >= 0.6 is 0 Å². The Labute approximate surface area is 112 Å². The molecular weight excluding hydrogens is 224 g/mol. The third-order valence-electron chi connectivity index (χ3n) is 4.60. The Morgan fingerprint density at radius 3 is 2.44 bits per heavy atom. The molecule has 0 aromatic rings. The fourth-order valence-electron chi connectivity index (χ4n) is 3.38. The van der Waals surface area contributed by atoms with Crippen molar-refractivity contribution in [1.29, 1.82) is 0 Å². The fraction of sp³-hybridized carbons (Fsp3) is 1.00. The first-order valence-corrected chi connectivity index (χ1v) is 7.33. The van der Waals surface area contributed by atoms with Gasteiger partial charge in [-0.15, -0.1) is 0 Å². The molecule has 0 aromatic carbocycles. The Kier molecular flexibility index (Phi) is 4.64. The molecule has 1 N–H and O–H groups in total. The number of nitrogens with one attached hydrogen (secondary N) is 1. The molecule has 1 unspecified atom stereocenters. The van der Waals surface area contributed by atoms with Crippen LogP contribution in [0.5, 0.6) is 0 Å². The van der Waals surface area contributed by atoms with E-state index in [0.29, 0.717) is 0 Å². The highest BCUT2D eigenvalue weighted by Gasteiger charge is 2.32. The molecular formula is C14H30N4. The van der Waals surface area contributed by atoms with Crippen molar-refractivity contribution in [2.75, 3.05) is 59.9 Å². The summed E-state index contributed by atoms with van der Waals surface area (Å²) in [7, 11) is 4.53. The van der Waals surface area contributed by atoms with Gasteiger partial charge in [0.2, 0.25) is 0 Å². The number of rotatable bonds is 4. The quantitative estimate of drug-likeness (QED) is 0.779. The van der Waals surface area contributed by atoms with Crippen molar-refractivity contribution in [3.05, 3.63) is 0 Å². The molecule has 2 heterocycles. The Bertz CT molecular complexity index is 261. The highest BCUT2D eigenvalue weighted by atomic mass is 15.3. The van der Waals surface area contributed by atoms with Crippen LogP contribution in [0, 0.1) is 0 Å². The molecule has 4 nitrogen and oxygen atoms in total. The number of hydrogen-bond donors (Lipinski definition) is 1. The zero-order chi connectivity index (χ0) is 13.2. The van der Waals surface area contributed by atoms with Crippen LogP contribution in [0.25, 0.3) is 0 Å². The van der Waals surface area contributed by atoms with Crippen LogP contribution in [0.2, 0.25) is 0 Å². The Hall–Kier alpha value is -0.160. The molecule has 0 aromatic heterocycles. The number of likely N-dealkylation sites (tertiary alicyclic amines) is 1. The Morgan fingerprint density at radius 2 is 1.89 bits per heavy atom. The predicted molar refractivity (Wildman–Crippen MR) is 77.1 cm³/mol. The van der Waals surface area contributed by atoms with E-state index in [9.17, 15) is 0 Å². The molecule has 0 spiro atoms. The van der Waals surface area contributed by atoms with Crippen molar-refractivity contribution in [2.24, 2.45) is 0 Å². The summed E-state index contributed by atoms with van der Waals surface area (Å²) in [5, 5.41) is 3.44. The summed E-state index contributed by atoms with van der Waals surface area (Å²) in [5.74, 6) is 0. The second-order valence-corrected chi connectivity index (χ2v) is 6.67. The number of piperazine rings is 1. The standard InChI is InChI=1S/C14H30N4/c1-14(2,18-9-6-15-7-10-18)12-17(4)13-5-8-16(3)11-13/h13,15H,5-12H2,1-4H3. The van der Waals surface area contributed by atoms with Crippen LogP contribution in [-0.4, -0.2) is 86.2 Å². The number of likely N-dealkylation sites (N-methyl/N-ethyl adjacent to an activating group) is 2. The summed E-state index contributed by atoms with van der Waals surface area (Å²) in [6.45, 7) is 13.1. The van der Waals surface area contributed by atoms with Gasteiger partial charge in [-0.1, -0.05) is 0 Å². The van der Waals surface area contributed by atoms with Gasteiger partial charge in [-0.05, 0) is 40.9 Å². The smallest absolute Gasteiger partial charge is 0.0281 e. The van der Waals surface area contributed by atoms with Crippen LogP contribution in [0.4, 0.5) is 0 Å². The van der Waals surface area contributed by atoms with E-state index in [1.54, 1.807) is 0 Å². The summed E-state index contributed by atoms with van der Waals surface area (Å²) in [5.41, 5.74) is 0.290. The van der Waals surface area contributed by atoms with Crippen molar-refractivity contribution in [2.45, 2.75) is 31.8 Å². The SMILES string of the molecule is CN1CCC(N(C)CC(C)(C)N2CCNCC2)C1. The van der Waals surface area contributed by atoms with Gasteiger partial charge in [0.25, 0.3) is 0 Å². The number of nitrogens with zero attached hydrogens (tertiary/aromatic N) is 3. The lowest BCUT2D eigenvalue weighted by atomic mass is 10.00. The van der Waals surface area contributed by atoms with E-state index in [4.69, 9.17) is 0 Å². The van der Waals surface area contributed by atoms with Gasteiger partial charge in [-0.25, -0.2) is 0 Å². The van der Waals surface area contributed by atoms with E-state index < -0.39 is 0 Å². The van der Waals surface area contributed by atoms with Gasteiger partial charge in [-0.2, -0.15) is 0 Å². The molecule has 106 valence electrons. The van der Waals surface area contributed by atoms with Crippen LogP contribution in [0.15, 0.2) is 0 Å². The Balaban J connectivity index is 1.86. The topological polar surface area (TPSA) is 21.8 Å². The van der Waals surface area contributed by atoms with E-state index >= 15 is 0 Å². The molecule has 2 saturated heterocycles. The molecule has 2 rings (SSSR count). The zero-order valence-electron chi connectivity index (χ0n) is 12.6. The first kappa shape index (κ1) is 14.3. The molecule has 1 atom stereocenters. The van der Waals surface area contributed by atoms with E-state index in [2.05, 4.69) is 48.0 Å². The van der Waals surface area contributed by atoms with E-state index in [1.807, 2.05) is 0 Å². The maximum Gasteiger partial charge on any atom is 0.0281 e. The first-order chi connectivity index (χ1) is 8.49. The van der Waals surface area contributed by atoms with E-state index in [0.717, 1.165) is 19.1 Å². The third kappa shape index (κ3) is 3.44. The molecule has 0 radical (unpaired) electrons. The summed E-state index contributed by atoms with van der Waals surface area (Å²) in [6.07, 6.45) is 1.32. The molecule has 0 aliphatic carbocycles. The highest BCUT2D eigenvalue weighted by Crippen LogP contribution is 2.20. The minimum atomic E-state index is 0.290. The third-order valence-corrected chi connectivity index (χ3v) is 4.60. The first-order valence-electron chi connectivity index (χ1n) is 7.33. The molecule has 2 aliphatic rings. The van der Waals surface area contributed by atoms with Gasteiger partial charge in [-0.3, -0.25) is 4.90 Å². The average Bonchev–Trinajstić information content (AvgIpc) is 2.77. The Morgan fingerprint density at radius 1 is 1.22 bits per heavy atom. The largest absolute Gasteiger partial charge is 0.314 e. The van der Waals surface area contributed by atoms with E-state index in [1.165, 1.54) is 39.1 Å². The minimum Gasteiger partial charge on any atom is -0.314 e. The maximum atomic E-state index is 3.44. The van der Waals surface area contributed by atoms with Gasteiger partial charge in [0.05, 0.1) is 0 Å². The molecule has 0 amide bonds. The maximum absolute atomic E-state index is 3.44. The molecule has 4 heteroatoms. The number of hydrogen-bond acceptors (Lipinski definition) is 4. The van der Waals surface area contributed by atoms with Crippen LogP contribution < -0.4 is 5.32 Å². The summed E-state index contributed by atoms with van der Waals surface area (Å²) < 4.78 is 0. The molecule has 2 fully saturated rings. The molecule has 18 heavy (non-hydrogen) atoms. The van der Waals surface area contributed by atoms with Crippen LogP contribution in [-0.2, 0) is 0 Å². The second kappa shape index (κ2) is 5.87. The lowest BCUT2D eigenvalue weighted by molar-refractivity contribution is 0.0592. The van der Waals surface area contributed by atoms with Gasteiger partial charge in [0, 0.05) is 50.8 Å². The summed E-state index contributed by atoms with van der Waals surface area (Å²) in [6, 6.07) is 0.747. The lowest BCUT2D eigenvalue weighted by Gasteiger charge is -2.44. The molecule has 0 bridgehead atoms. The van der Waals surface area contributed by atoms with Crippen molar-refractivity contribution >= 4 is 0 Å². The average molecular weight is 254 g/mol. The van der Waals surface area contributed by atoms with E-state index in [-0.39, 0.29) is 5.54 Å². The van der Waals surface area contributed by atoms with Crippen molar-refractivity contribution in [3.63, 3.8) is 0 Å². The molecule has 0 saturated carbocycles. The predicted octanol–water partition coefficient (Wildman–Crippen LogP) is 0.306. The van der Waals surface area contributed by atoms with Gasteiger partial charge in [0.1, 0.15) is 0 Å². The van der Waals surface area contributed by atoms with Crippen molar-refractivity contribution in [1.82, 2.24) is 20.0 Å². The zero-order valence-corrected chi connectivity index (χ0v) is 12.6. The van der Waals surface area contributed by atoms with Crippen LogP contribution in [0.1, 0.15) is 20.3 Å². The lowest BCUT2D eigenvalue weighted by Crippen LogP contribution is -2.58. The second-order valence-electron chi connectivity index (χ2n) is 6.67. The van der Waals surface area contributed by atoms with Crippen LogP contribution in [0.3, 0.4) is 0 Å². The fourth-order valence-corrected chi connectivity index (χ4v) is 3.38. The summed E-state index contributed by atoms with van der Waals surface area (Å²) in [4.78, 5) is 7.66. The van der Waals surface area contributed by atoms with Crippen molar-refractivity contribution in [3.8, 4) is 0 Å². The summed E-state index contributed by atoms with van der Waals surface area (Å²) >= 11 is 0. The van der Waals surface area contributed by atoms with Gasteiger partial charge in [0.15, 0.2) is 0 Å². The molecule has 2 aliphatic heterocycles.